The smallest absolute Gasteiger partial charge is 0.0272 e. The van der Waals surface area contributed by atoms with Gasteiger partial charge in [0.2, 0.25) is 0 Å². The van der Waals surface area contributed by atoms with Crippen LogP contribution in [0.2, 0.25) is 0 Å². The third kappa shape index (κ3) is 3.88. The molecule has 0 heteroatoms. The lowest BCUT2D eigenvalue weighted by atomic mass is 9.43. The Kier molecular flexibility index (Phi) is 6.04. The maximum atomic E-state index is 2.70. The maximum absolute atomic E-state index is 2.70. The minimum Gasteiger partial charge on any atom is -0.0622 e. The molecule has 1 spiro atoms. The number of benzene rings is 8. The van der Waals surface area contributed by atoms with Gasteiger partial charge in [0.15, 0.2) is 0 Å². The summed E-state index contributed by atoms with van der Waals surface area (Å²) in [6, 6.07) is 60.1. The Balaban J connectivity index is 1.13. The summed E-state index contributed by atoms with van der Waals surface area (Å²) < 4.78 is 0. The van der Waals surface area contributed by atoms with E-state index in [-0.39, 0.29) is 5.41 Å². The van der Waals surface area contributed by atoms with E-state index >= 15 is 0 Å². The van der Waals surface area contributed by atoms with Crippen LogP contribution < -0.4 is 0 Å². The van der Waals surface area contributed by atoms with E-state index in [0.717, 1.165) is 23.7 Å². The number of hydrogen-bond donors (Lipinski definition) is 0. The van der Waals surface area contributed by atoms with E-state index in [1.807, 2.05) is 0 Å². The van der Waals surface area contributed by atoms with Gasteiger partial charge < -0.3 is 0 Å². The zero-order chi connectivity index (χ0) is 34.0. The second-order valence-corrected chi connectivity index (χ2v) is 16.4. The van der Waals surface area contributed by atoms with Crippen LogP contribution in [0.4, 0.5) is 0 Å². The van der Waals surface area contributed by atoms with Crippen molar-refractivity contribution in [1.29, 1.82) is 0 Å². The van der Waals surface area contributed by atoms with Gasteiger partial charge in [-0.2, -0.15) is 0 Å². The highest BCUT2D eigenvalue weighted by Crippen LogP contribution is 2.69. The molecule has 8 aromatic rings. The molecule has 5 aliphatic carbocycles. The standard InChI is InChI=1S/C52H40/c1-2-12-34(13-3-1)35-14-10-16-37(29-35)50-41-18-4-6-20-43(41)51(44-21-7-5-19-42(44)50)45-22-11-15-36-30-47-40-17-8-9-23-48(40)52(49(47)31-46(36)45)38-25-32-24-33(27-38)28-39(52)26-32/h1-23,29-33,38-39H,24-28H2. The normalized spacial score (nSPS) is 23.8. The third-order valence-corrected chi connectivity index (χ3v) is 14.0. The summed E-state index contributed by atoms with van der Waals surface area (Å²) in [4.78, 5) is 0. The van der Waals surface area contributed by atoms with E-state index in [4.69, 9.17) is 0 Å². The number of hydrogen-bond acceptors (Lipinski definition) is 0. The lowest BCUT2D eigenvalue weighted by Crippen LogP contribution is -2.55. The zero-order valence-electron chi connectivity index (χ0n) is 29.4. The van der Waals surface area contributed by atoms with Gasteiger partial charge in [0.1, 0.15) is 0 Å². The molecule has 4 fully saturated rings. The molecule has 52 heavy (non-hydrogen) atoms. The van der Waals surface area contributed by atoms with Crippen LogP contribution in [0, 0.1) is 23.7 Å². The van der Waals surface area contributed by atoms with Crippen molar-refractivity contribution in [3.8, 4) is 44.5 Å². The Morgan fingerprint density at radius 3 is 1.62 bits per heavy atom. The summed E-state index contributed by atoms with van der Waals surface area (Å²) in [7, 11) is 0. The van der Waals surface area contributed by atoms with Crippen molar-refractivity contribution < 1.29 is 0 Å². The second-order valence-electron chi connectivity index (χ2n) is 16.4. The van der Waals surface area contributed by atoms with Crippen molar-refractivity contribution in [3.05, 3.63) is 169 Å². The van der Waals surface area contributed by atoms with E-state index in [2.05, 4.69) is 158 Å². The fourth-order valence-corrected chi connectivity index (χ4v) is 12.4. The first-order valence-corrected chi connectivity index (χ1v) is 19.5. The van der Waals surface area contributed by atoms with Crippen molar-refractivity contribution in [2.24, 2.45) is 23.7 Å². The van der Waals surface area contributed by atoms with Crippen LogP contribution in [0.5, 0.6) is 0 Å². The highest BCUT2D eigenvalue weighted by molar-refractivity contribution is 6.23. The lowest BCUT2D eigenvalue weighted by molar-refractivity contribution is -0.0399. The van der Waals surface area contributed by atoms with Crippen LogP contribution in [-0.2, 0) is 5.41 Å². The van der Waals surface area contributed by atoms with Gasteiger partial charge in [0.05, 0.1) is 0 Å². The zero-order valence-corrected chi connectivity index (χ0v) is 29.4. The average Bonchev–Trinajstić information content (AvgIpc) is 3.48. The molecule has 4 saturated carbocycles. The molecule has 0 nitrogen and oxygen atoms in total. The fourth-order valence-electron chi connectivity index (χ4n) is 12.4. The van der Waals surface area contributed by atoms with Gasteiger partial charge in [-0.3, -0.25) is 0 Å². The fraction of sp³-hybridized carbons (Fsp3) is 0.192. The quantitative estimate of drug-likeness (QED) is 0.165. The van der Waals surface area contributed by atoms with E-state index in [0.29, 0.717) is 0 Å². The Bertz CT molecular complexity index is 2660. The Morgan fingerprint density at radius 1 is 0.346 bits per heavy atom. The van der Waals surface area contributed by atoms with Gasteiger partial charge in [-0.15, -0.1) is 0 Å². The molecule has 8 aromatic carbocycles. The first kappa shape index (κ1) is 29.2. The van der Waals surface area contributed by atoms with Crippen molar-refractivity contribution in [2.75, 3.05) is 0 Å². The van der Waals surface area contributed by atoms with Gasteiger partial charge >= 0.3 is 0 Å². The predicted octanol–water partition coefficient (Wildman–Crippen LogP) is 13.9. The van der Waals surface area contributed by atoms with Crippen LogP contribution in [0.1, 0.15) is 43.2 Å². The molecule has 13 rings (SSSR count). The third-order valence-electron chi connectivity index (χ3n) is 14.0. The molecule has 5 aliphatic rings. The molecular formula is C52H40. The summed E-state index contributed by atoms with van der Waals surface area (Å²) in [6.07, 6.45) is 7.10. The second kappa shape index (κ2) is 10.8. The number of fused-ring (bicyclic) bond motifs is 6. The highest BCUT2D eigenvalue weighted by atomic mass is 14.6. The Hall–Kier alpha value is -5.46. The molecular weight excluding hydrogens is 625 g/mol. The van der Waals surface area contributed by atoms with Crippen LogP contribution in [0.15, 0.2) is 158 Å². The molecule has 0 saturated heterocycles. The van der Waals surface area contributed by atoms with Gasteiger partial charge in [0, 0.05) is 5.41 Å². The van der Waals surface area contributed by atoms with Gasteiger partial charge in [0.25, 0.3) is 0 Å². The summed E-state index contributed by atoms with van der Waals surface area (Å²) in [5, 5.41) is 8.01. The summed E-state index contributed by atoms with van der Waals surface area (Å²) in [5.74, 6) is 3.38. The molecule has 0 amide bonds. The van der Waals surface area contributed by atoms with Crippen LogP contribution >= 0.6 is 0 Å². The van der Waals surface area contributed by atoms with Gasteiger partial charge in [-0.25, -0.2) is 0 Å². The number of rotatable bonds is 3. The highest BCUT2D eigenvalue weighted by Gasteiger charge is 2.61. The van der Waals surface area contributed by atoms with Crippen LogP contribution in [-0.4, -0.2) is 0 Å². The summed E-state index contributed by atoms with van der Waals surface area (Å²) >= 11 is 0. The first-order chi connectivity index (χ1) is 25.8. The van der Waals surface area contributed by atoms with E-state index in [1.165, 1.54) is 109 Å². The maximum Gasteiger partial charge on any atom is 0.0272 e. The van der Waals surface area contributed by atoms with E-state index in [1.54, 1.807) is 11.1 Å². The largest absolute Gasteiger partial charge is 0.0622 e. The summed E-state index contributed by atoms with van der Waals surface area (Å²) in [6.45, 7) is 0. The predicted molar refractivity (Wildman–Crippen MR) is 219 cm³/mol. The molecule has 4 bridgehead atoms. The van der Waals surface area contributed by atoms with Crippen LogP contribution in [0.25, 0.3) is 76.8 Å². The van der Waals surface area contributed by atoms with Gasteiger partial charge in [-0.1, -0.05) is 140 Å². The molecule has 0 aromatic heterocycles. The van der Waals surface area contributed by atoms with Crippen molar-refractivity contribution in [3.63, 3.8) is 0 Å². The minimum absolute atomic E-state index is 0.151. The Labute approximate surface area is 305 Å². The van der Waals surface area contributed by atoms with E-state index in [9.17, 15) is 0 Å². The van der Waals surface area contributed by atoms with Gasteiger partial charge in [-0.05, 0) is 162 Å². The lowest BCUT2D eigenvalue weighted by Gasteiger charge is -2.61. The Morgan fingerprint density at radius 2 is 0.904 bits per heavy atom. The van der Waals surface area contributed by atoms with Crippen molar-refractivity contribution >= 4 is 32.3 Å². The molecule has 0 heterocycles. The molecule has 0 unspecified atom stereocenters. The summed E-state index contributed by atoms with van der Waals surface area (Å²) in [5.41, 5.74) is 14.2. The van der Waals surface area contributed by atoms with Crippen LogP contribution in [0.3, 0.4) is 0 Å². The molecule has 0 N–H and O–H groups in total. The molecule has 0 atom stereocenters. The SMILES string of the molecule is c1ccc(-c2cccc(-c3c4ccccc4c(-c4cccc5cc6c(cc45)C4(c5ccccc5-6)C5CC6CC(C5)CC4C6)c4ccccc34)c2)cc1. The molecule has 248 valence electrons. The topological polar surface area (TPSA) is 0 Å². The molecule has 0 aliphatic heterocycles. The first-order valence-electron chi connectivity index (χ1n) is 19.5. The monoisotopic (exact) mass is 664 g/mol. The molecule has 0 radical (unpaired) electrons. The van der Waals surface area contributed by atoms with Crippen molar-refractivity contribution in [1.82, 2.24) is 0 Å². The minimum atomic E-state index is 0.151. The average molecular weight is 665 g/mol. The van der Waals surface area contributed by atoms with Crippen molar-refractivity contribution in [2.45, 2.75) is 37.5 Å². The van der Waals surface area contributed by atoms with E-state index < -0.39 is 0 Å².